The number of ether oxygens (including phenoxy) is 1. The summed E-state index contributed by atoms with van der Waals surface area (Å²) < 4.78 is 7.55. The summed E-state index contributed by atoms with van der Waals surface area (Å²) in [5, 5.41) is 3.71. The highest BCUT2D eigenvalue weighted by molar-refractivity contribution is 5.77. The van der Waals surface area contributed by atoms with Crippen molar-refractivity contribution in [3.05, 3.63) is 58.6 Å². The van der Waals surface area contributed by atoms with E-state index in [1.165, 1.54) is 30.3 Å². The van der Waals surface area contributed by atoms with Gasteiger partial charge < -0.3 is 19.5 Å². The van der Waals surface area contributed by atoms with Gasteiger partial charge in [-0.3, -0.25) is 4.79 Å². The fourth-order valence-electron chi connectivity index (χ4n) is 5.37. The van der Waals surface area contributed by atoms with E-state index in [1.54, 1.807) is 19.4 Å². The molecule has 32 heavy (non-hydrogen) atoms. The molecule has 1 N–H and O–H groups in total. The Kier molecular flexibility index (Phi) is 4.54. The highest BCUT2D eigenvalue weighted by Crippen LogP contribution is 2.39. The highest BCUT2D eigenvalue weighted by atomic mass is 16.5. The Bertz CT molecular complexity index is 1240. The minimum absolute atomic E-state index is 0.0723. The summed E-state index contributed by atoms with van der Waals surface area (Å²) in [7, 11) is 3.86. The number of nitrogens with zero attached hydrogens (tertiary/aromatic N) is 4. The average molecular weight is 430 g/mol. The smallest absolute Gasteiger partial charge is 0.253 e. The predicted octanol–water partition coefficient (Wildman–Crippen LogP) is 3.12. The van der Waals surface area contributed by atoms with Gasteiger partial charge in [0.1, 0.15) is 12.4 Å². The van der Waals surface area contributed by atoms with Gasteiger partial charge in [0.25, 0.3) is 5.56 Å². The van der Waals surface area contributed by atoms with Gasteiger partial charge in [-0.2, -0.15) is 4.98 Å². The lowest BCUT2D eigenvalue weighted by Crippen LogP contribution is -2.47. The van der Waals surface area contributed by atoms with E-state index >= 15 is 0 Å². The van der Waals surface area contributed by atoms with Crippen LogP contribution in [0.3, 0.4) is 0 Å². The molecule has 2 aromatic heterocycles. The molecule has 2 bridgehead atoms. The zero-order valence-corrected chi connectivity index (χ0v) is 18.4. The maximum atomic E-state index is 12.0. The third-order valence-electron chi connectivity index (χ3n) is 7.24. The van der Waals surface area contributed by atoms with E-state index < -0.39 is 0 Å². The summed E-state index contributed by atoms with van der Waals surface area (Å²) >= 11 is 0. The summed E-state index contributed by atoms with van der Waals surface area (Å²) in [4.78, 5) is 23.6. The van der Waals surface area contributed by atoms with Crippen LogP contribution in [-0.4, -0.2) is 39.7 Å². The Morgan fingerprint density at radius 3 is 2.66 bits per heavy atom. The molecule has 1 unspecified atom stereocenters. The second-order valence-electron chi connectivity index (χ2n) is 9.28. The van der Waals surface area contributed by atoms with Crippen molar-refractivity contribution in [2.75, 3.05) is 11.9 Å². The monoisotopic (exact) mass is 429 g/mol. The van der Waals surface area contributed by atoms with Crippen LogP contribution in [0, 0.1) is 0 Å². The number of nitrogens with one attached hydrogen (secondary N) is 1. The summed E-state index contributed by atoms with van der Waals surface area (Å²) in [6.07, 6.45) is 6.49. The molecule has 0 radical (unpaired) electrons. The number of rotatable bonds is 3. The van der Waals surface area contributed by atoms with Crippen molar-refractivity contribution in [2.24, 2.45) is 7.05 Å². The first-order chi connectivity index (χ1) is 15.5. The van der Waals surface area contributed by atoms with E-state index in [0.29, 0.717) is 36.3 Å². The minimum atomic E-state index is -0.0723. The molecule has 7 nitrogen and oxygen atoms in total. The van der Waals surface area contributed by atoms with Crippen molar-refractivity contribution >= 4 is 5.82 Å². The standard InChI is InChI=1S/C25H27N5O2/c1-29-14-26-22(12-24(29)31)15-3-6-20-16(9-15)13-32-25-21(20)7-8-23(28-25)30(2)19-10-17-4-5-18(11-19)27-17/h3,6-9,12,14,17-19,27H,4-5,10-11,13H2,1-2H3/t17-,18+,19?. The Morgan fingerprint density at radius 2 is 1.88 bits per heavy atom. The quantitative estimate of drug-likeness (QED) is 0.690. The number of aromatic nitrogens is 3. The maximum Gasteiger partial charge on any atom is 0.253 e. The molecular formula is C25H27N5O2. The molecule has 2 fully saturated rings. The zero-order chi connectivity index (χ0) is 21.8. The first kappa shape index (κ1) is 19.5. The molecule has 7 heteroatoms. The van der Waals surface area contributed by atoms with Gasteiger partial charge in [0.05, 0.1) is 12.0 Å². The first-order valence-corrected chi connectivity index (χ1v) is 11.3. The topological polar surface area (TPSA) is 72.3 Å². The maximum absolute atomic E-state index is 12.0. The van der Waals surface area contributed by atoms with Crippen LogP contribution in [0.2, 0.25) is 0 Å². The van der Waals surface area contributed by atoms with Gasteiger partial charge in [0, 0.05) is 49.4 Å². The molecule has 0 spiro atoms. The van der Waals surface area contributed by atoms with Crippen molar-refractivity contribution in [3.8, 4) is 28.3 Å². The molecule has 5 heterocycles. The van der Waals surface area contributed by atoms with Gasteiger partial charge in [-0.15, -0.1) is 0 Å². The van der Waals surface area contributed by atoms with Gasteiger partial charge in [-0.05, 0) is 55.0 Å². The summed E-state index contributed by atoms with van der Waals surface area (Å²) in [5.41, 5.74) is 4.73. The van der Waals surface area contributed by atoms with Crippen LogP contribution < -0.4 is 20.5 Å². The lowest BCUT2D eigenvalue weighted by Gasteiger charge is -2.36. The van der Waals surface area contributed by atoms with E-state index in [-0.39, 0.29) is 5.56 Å². The van der Waals surface area contributed by atoms with E-state index in [2.05, 4.69) is 46.5 Å². The Morgan fingerprint density at radius 1 is 1.09 bits per heavy atom. The lowest BCUT2D eigenvalue weighted by atomic mass is 9.95. The Labute approximate surface area is 187 Å². The number of piperidine rings is 1. The SMILES string of the molecule is CN(c1ccc2c(n1)OCc1cc(-c3cc(=O)n(C)cn3)ccc1-2)C1C[C@H]2CC[C@@H](C1)N2. The van der Waals surface area contributed by atoms with E-state index in [4.69, 9.17) is 9.72 Å². The van der Waals surface area contributed by atoms with Crippen LogP contribution in [0.1, 0.15) is 31.2 Å². The van der Waals surface area contributed by atoms with E-state index in [0.717, 1.165) is 28.1 Å². The molecule has 3 aliphatic rings. The number of pyridine rings is 1. The molecule has 1 aromatic carbocycles. The second-order valence-corrected chi connectivity index (χ2v) is 9.28. The van der Waals surface area contributed by atoms with E-state index in [9.17, 15) is 4.79 Å². The number of aryl methyl sites for hydroxylation is 1. The summed E-state index contributed by atoms with van der Waals surface area (Å²) in [5.74, 6) is 1.66. The van der Waals surface area contributed by atoms with Crippen LogP contribution >= 0.6 is 0 Å². The second kappa shape index (κ2) is 7.45. The van der Waals surface area contributed by atoms with Crippen molar-refractivity contribution in [1.82, 2.24) is 19.9 Å². The van der Waals surface area contributed by atoms with Gasteiger partial charge >= 0.3 is 0 Å². The zero-order valence-electron chi connectivity index (χ0n) is 18.4. The van der Waals surface area contributed by atoms with Gasteiger partial charge in [0.15, 0.2) is 0 Å². The molecule has 0 saturated carbocycles. The molecule has 6 rings (SSSR count). The summed E-state index contributed by atoms with van der Waals surface area (Å²) in [6, 6.07) is 13.8. The van der Waals surface area contributed by atoms with Crippen molar-refractivity contribution in [1.29, 1.82) is 0 Å². The average Bonchev–Trinajstić information content (AvgIpc) is 3.16. The largest absolute Gasteiger partial charge is 0.472 e. The molecular weight excluding hydrogens is 402 g/mol. The molecule has 0 aliphatic carbocycles. The van der Waals surface area contributed by atoms with Crippen LogP contribution in [0.4, 0.5) is 5.82 Å². The Balaban J connectivity index is 1.28. The number of hydrogen-bond donors (Lipinski definition) is 1. The van der Waals surface area contributed by atoms with Crippen molar-refractivity contribution in [3.63, 3.8) is 0 Å². The van der Waals surface area contributed by atoms with Gasteiger partial charge in [0.2, 0.25) is 5.88 Å². The van der Waals surface area contributed by atoms with Crippen LogP contribution in [-0.2, 0) is 13.7 Å². The summed E-state index contributed by atoms with van der Waals surface area (Å²) in [6.45, 7) is 0.457. The highest BCUT2D eigenvalue weighted by Gasteiger charge is 2.35. The molecule has 164 valence electrons. The number of benzene rings is 1. The van der Waals surface area contributed by atoms with Crippen LogP contribution in [0.25, 0.3) is 22.4 Å². The van der Waals surface area contributed by atoms with Crippen molar-refractivity contribution in [2.45, 2.75) is 50.4 Å². The van der Waals surface area contributed by atoms with Gasteiger partial charge in [-0.1, -0.05) is 12.1 Å². The fourth-order valence-corrected chi connectivity index (χ4v) is 5.37. The molecule has 3 atom stereocenters. The molecule has 0 amide bonds. The first-order valence-electron chi connectivity index (χ1n) is 11.3. The molecule has 3 aliphatic heterocycles. The third-order valence-corrected chi connectivity index (χ3v) is 7.24. The molecule has 2 saturated heterocycles. The van der Waals surface area contributed by atoms with Crippen LogP contribution in [0.15, 0.2) is 47.5 Å². The number of fused-ring (bicyclic) bond motifs is 5. The normalized spacial score (nSPS) is 23.2. The third kappa shape index (κ3) is 3.28. The van der Waals surface area contributed by atoms with Gasteiger partial charge in [-0.25, -0.2) is 4.98 Å². The predicted molar refractivity (Wildman–Crippen MR) is 124 cm³/mol. The van der Waals surface area contributed by atoms with Crippen LogP contribution in [0.5, 0.6) is 5.88 Å². The minimum Gasteiger partial charge on any atom is -0.472 e. The van der Waals surface area contributed by atoms with E-state index in [1.807, 2.05) is 6.07 Å². The fraction of sp³-hybridized carbons (Fsp3) is 0.400. The van der Waals surface area contributed by atoms with Crippen molar-refractivity contribution < 1.29 is 4.74 Å². The molecule has 3 aromatic rings. The number of hydrogen-bond acceptors (Lipinski definition) is 6. The number of anilines is 1. The Hall–Kier alpha value is -3.19. The lowest BCUT2D eigenvalue weighted by molar-refractivity contribution is 0.289.